The van der Waals surface area contributed by atoms with Crippen molar-refractivity contribution < 1.29 is 0 Å². The molecular formula is C14H8N4OS. The van der Waals surface area contributed by atoms with Crippen molar-refractivity contribution in [2.24, 2.45) is 0 Å². The van der Waals surface area contributed by atoms with Crippen molar-refractivity contribution in [2.75, 3.05) is 0 Å². The second-order valence-electron chi connectivity index (χ2n) is 4.29. The van der Waals surface area contributed by atoms with Gasteiger partial charge in [0.15, 0.2) is 11.3 Å². The van der Waals surface area contributed by atoms with Crippen LogP contribution in [0.2, 0.25) is 0 Å². The fraction of sp³-hybridized carbons (Fsp3) is 0. The van der Waals surface area contributed by atoms with E-state index in [1.807, 2.05) is 41.8 Å². The Kier molecular flexibility index (Phi) is 2.37. The quantitative estimate of drug-likeness (QED) is 0.502. The molecule has 0 N–H and O–H groups in total. The first-order valence-electron chi connectivity index (χ1n) is 6.01. The Bertz CT molecular complexity index is 975. The summed E-state index contributed by atoms with van der Waals surface area (Å²) >= 11 is 1.47. The molecule has 0 atom stereocenters. The second kappa shape index (κ2) is 4.21. The van der Waals surface area contributed by atoms with Crippen molar-refractivity contribution >= 4 is 27.9 Å². The summed E-state index contributed by atoms with van der Waals surface area (Å²) in [4.78, 5) is 17.6. The minimum Gasteiger partial charge on any atom is -0.266 e. The molecule has 3 heterocycles. The van der Waals surface area contributed by atoms with Gasteiger partial charge < -0.3 is 0 Å². The SMILES string of the molecule is O=c1c(-c2cccs2)nnc2c3ccccc3ncn12. The van der Waals surface area contributed by atoms with Crippen molar-refractivity contribution in [1.29, 1.82) is 0 Å². The number of nitrogens with zero attached hydrogens (tertiary/aromatic N) is 4. The molecule has 0 fully saturated rings. The summed E-state index contributed by atoms with van der Waals surface area (Å²) in [6, 6.07) is 11.3. The van der Waals surface area contributed by atoms with Crippen LogP contribution in [0.3, 0.4) is 0 Å². The number of aromatic nitrogens is 4. The van der Waals surface area contributed by atoms with Crippen LogP contribution in [0.4, 0.5) is 0 Å². The first-order chi connectivity index (χ1) is 9.84. The predicted octanol–water partition coefficient (Wildman–Crippen LogP) is 2.37. The molecule has 6 heteroatoms. The third-order valence-electron chi connectivity index (χ3n) is 3.11. The third-order valence-corrected chi connectivity index (χ3v) is 3.98. The maximum Gasteiger partial charge on any atom is 0.286 e. The van der Waals surface area contributed by atoms with Gasteiger partial charge in [-0.2, -0.15) is 0 Å². The average molecular weight is 280 g/mol. The van der Waals surface area contributed by atoms with Crippen molar-refractivity contribution in [3.05, 3.63) is 58.5 Å². The molecule has 0 aliphatic carbocycles. The Balaban J connectivity index is 2.13. The zero-order valence-electron chi connectivity index (χ0n) is 10.2. The third kappa shape index (κ3) is 1.55. The molecule has 0 amide bonds. The zero-order valence-corrected chi connectivity index (χ0v) is 11.0. The Morgan fingerprint density at radius 3 is 2.80 bits per heavy atom. The van der Waals surface area contributed by atoms with E-state index in [4.69, 9.17) is 0 Å². The zero-order chi connectivity index (χ0) is 13.5. The van der Waals surface area contributed by atoms with E-state index in [0.717, 1.165) is 15.8 Å². The van der Waals surface area contributed by atoms with Crippen LogP contribution in [0, 0.1) is 0 Å². The monoisotopic (exact) mass is 280 g/mol. The smallest absolute Gasteiger partial charge is 0.266 e. The summed E-state index contributed by atoms with van der Waals surface area (Å²) in [5.41, 5.74) is 1.48. The summed E-state index contributed by atoms with van der Waals surface area (Å²) in [7, 11) is 0. The summed E-state index contributed by atoms with van der Waals surface area (Å²) in [6.45, 7) is 0. The van der Waals surface area contributed by atoms with Crippen molar-refractivity contribution in [3.63, 3.8) is 0 Å². The fourth-order valence-corrected chi connectivity index (χ4v) is 2.85. The van der Waals surface area contributed by atoms with E-state index in [9.17, 15) is 4.79 Å². The van der Waals surface area contributed by atoms with Crippen LogP contribution in [0.15, 0.2) is 52.9 Å². The maximum atomic E-state index is 12.5. The van der Waals surface area contributed by atoms with E-state index in [-0.39, 0.29) is 5.56 Å². The topological polar surface area (TPSA) is 60.2 Å². The highest BCUT2D eigenvalue weighted by Crippen LogP contribution is 2.20. The van der Waals surface area contributed by atoms with Gasteiger partial charge in [0.05, 0.1) is 10.4 Å². The number of thiophene rings is 1. The molecule has 4 aromatic rings. The molecule has 20 heavy (non-hydrogen) atoms. The standard InChI is InChI=1S/C14H8N4OS/c19-14-12(11-6-3-7-20-11)16-17-13-9-4-1-2-5-10(9)15-8-18(13)14/h1-8H. The van der Waals surface area contributed by atoms with Gasteiger partial charge in [0, 0.05) is 5.39 Å². The van der Waals surface area contributed by atoms with E-state index >= 15 is 0 Å². The fourth-order valence-electron chi connectivity index (χ4n) is 2.15. The van der Waals surface area contributed by atoms with Crippen LogP contribution in [0.5, 0.6) is 0 Å². The molecule has 1 aromatic carbocycles. The van der Waals surface area contributed by atoms with Gasteiger partial charge in [-0.15, -0.1) is 21.5 Å². The summed E-state index contributed by atoms with van der Waals surface area (Å²) < 4.78 is 1.45. The maximum absolute atomic E-state index is 12.5. The molecule has 0 bridgehead atoms. The van der Waals surface area contributed by atoms with Gasteiger partial charge in [0.25, 0.3) is 5.56 Å². The first kappa shape index (κ1) is 11.2. The molecule has 0 saturated heterocycles. The highest BCUT2D eigenvalue weighted by Gasteiger charge is 2.12. The summed E-state index contributed by atoms with van der Waals surface area (Å²) in [5, 5.41) is 11.0. The number of para-hydroxylation sites is 1. The Hall–Kier alpha value is -2.60. The Labute approximate surface area is 117 Å². The molecule has 4 rings (SSSR count). The van der Waals surface area contributed by atoms with Crippen LogP contribution in [-0.2, 0) is 0 Å². The van der Waals surface area contributed by atoms with Gasteiger partial charge in [0.1, 0.15) is 6.33 Å². The van der Waals surface area contributed by atoms with Gasteiger partial charge in [-0.3, -0.25) is 4.79 Å². The van der Waals surface area contributed by atoms with Gasteiger partial charge in [-0.05, 0) is 23.6 Å². The predicted molar refractivity (Wildman–Crippen MR) is 77.9 cm³/mol. The number of hydrogen-bond acceptors (Lipinski definition) is 5. The molecular weight excluding hydrogens is 272 g/mol. The number of hydrogen-bond donors (Lipinski definition) is 0. The van der Waals surface area contributed by atoms with Crippen LogP contribution in [0.1, 0.15) is 0 Å². The lowest BCUT2D eigenvalue weighted by Gasteiger charge is -2.04. The van der Waals surface area contributed by atoms with Gasteiger partial charge >= 0.3 is 0 Å². The van der Waals surface area contributed by atoms with Crippen LogP contribution >= 0.6 is 11.3 Å². The largest absolute Gasteiger partial charge is 0.286 e. The lowest BCUT2D eigenvalue weighted by atomic mass is 10.2. The van der Waals surface area contributed by atoms with Crippen LogP contribution < -0.4 is 5.56 Å². The van der Waals surface area contributed by atoms with E-state index in [2.05, 4.69) is 15.2 Å². The van der Waals surface area contributed by atoms with E-state index in [0.29, 0.717) is 11.3 Å². The number of fused-ring (bicyclic) bond motifs is 3. The number of benzene rings is 1. The lowest BCUT2D eigenvalue weighted by Crippen LogP contribution is -2.19. The molecule has 5 nitrogen and oxygen atoms in total. The van der Waals surface area contributed by atoms with Crippen molar-refractivity contribution in [2.45, 2.75) is 0 Å². The van der Waals surface area contributed by atoms with Gasteiger partial charge in [0.2, 0.25) is 0 Å². The highest BCUT2D eigenvalue weighted by molar-refractivity contribution is 7.13. The average Bonchev–Trinajstić information content (AvgIpc) is 3.01. The molecule has 0 aliphatic rings. The molecule has 96 valence electrons. The van der Waals surface area contributed by atoms with E-state index < -0.39 is 0 Å². The highest BCUT2D eigenvalue weighted by atomic mass is 32.1. The molecule has 0 spiro atoms. The van der Waals surface area contributed by atoms with Crippen LogP contribution in [-0.4, -0.2) is 19.6 Å². The van der Waals surface area contributed by atoms with Gasteiger partial charge in [-0.25, -0.2) is 9.38 Å². The minimum atomic E-state index is -0.198. The van der Waals surface area contributed by atoms with Crippen molar-refractivity contribution in [1.82, 2.24) is 19.6 Å². The second-order valence-corrected chi connectivity index (χ2v) is 5.23. The molecule has 3 aromatic heterocycles. The first-order valence-corrected chi connectivity index (χ1v) is 6.89. The van der Waals surface area contributed by atoms with Crippen LogP contribution in [0.25, 0.3) is 27.1 Å². The summed E-state index contributed by atoms with van der Waals surface area (Å²) in [6.07, 6.45) is 1.51. The Morgan fingerprint density at radius 2 is 1.95 bits per heavy atom. The van der Waals surface area contributed by atoms with Crippen molar-refractivity contribution in [3.8, 4) is 10.6 Å². The normalized spacial score (nSPS) is 11.2. The number of rotatable bonds is 1. The molecule has 0 aliphatic heterocycles. The van der Waals surface area contributed by atoms with E-state index in [1.165, 1.54) is 22.1 Å². The van der Waals surface area contributed by atoms with E-state index in [1.54, 1.807) is 0 Å². The summed E-state index contributed by atoms with van der Waals surface area (Å²) in [5.74, 6) is 0. The molecule has 0 radical (unpaired) electrons. The minimum absolute atomic E-state index is 0.198. The lowest BCUT2D eigenvalue weighted by molar-refractivity contribution is 0.933. The molecule has 0 unspecified atom stereocenters. The Morgan fingerprint density at radius 1 is 1.05 bits per heavy atom. The molecule has 0 saturated carbocycles. The van der Waals surface area contributed by atoms with Gasteiger partial charge in [-0.1, -0.05) is 18.2 Å².